The van der Waals surface area contributed by atoms with Crippen molar-refractivity contribution in [3.05, 3.63) is 11.9 Å². The van der Waals surface area contributed by atoms with Crippen LogP contribution >= 0.6 is 0 Å². The van der Waals surface area contributed by atoms with Crippen LogP contribution in [0.1, 0.15) is 49.6 Å². The fourth-order valence-corrected chi connectivity index (χ4v) is 3.30. The normalized spacial score (nSPS) is 24.0. The number of nitrogens with one attached hydrogen (secondary N) is 1. The second-order valence-electron chi connectivity index (χ2n) is 6.61. The largest absolute Gasteiger partial charge is 0.337 e. The van der Waals surface area contributed by atoms with Crippen LogP contribution in [0.4, 0.5) is 0 Å². The fraction of sp³-hybridized carbons (Fsp3) is 0.800. The van der Waals surface area contributed by atoms with E-state index in [1.54, 1.807) is 0 Å². The van der Waals surface area contributed by atoms with Crippen LogP contribution < -0.4 is 5.32 Å². The topological polar surface area (TPSA) is 63.1 Å². The van der Waals surface area contributed by atoms with E-state index in [-0.39, 0.29) is 5.91 Å². The van der Waals surface area contributed by atoms with Crippen LogP contribution in [0.15, 0.2) is 6.20 Å². The van der Waals surface area contributed by atoms with E-state index in [1.807, 2.05) is 15.8 Å². The van der Waals surface area contributed by atoms with E-state index >= 15 is 0 Å². The monoisotopic (exact) mass is 291 g/mol. The minimum absolute atomic E-state index is 0.0401. The lowest BCUT2D eigenvalue weighted by molar-refractivity contribution is 0.0778. The maximum atomic E-state index is 12.5. The number of carbonyl (C=O) groups is 1. The Morgan fingerprint density at radius 1 is 1.33 bits per heavy atom. The van der Waals surface area contributed by atoms with Crippen LogP contribution in [0.2, 0.25) is 0 Å². The highest BCUT2D eigenvalue weighted by atomic mass is 16.2. The predicted octanol–water partition coefficient (Wildman–Crippen LogP) is 1.32. The molecule has 0 bridgehead atoms. The molecule has 0 radical (unpaired) electrons. The first-order valence-electron chi connectivity index (χ1n) is 8.07. The van der Waals surface area contributed by atoms with Gasteiger partial charge in [0.1, 0.15) is 0 Å². The van der Waals surface area contributed by atoms with Crippen molar-refractivity contribution in [3.63, 3.8) is 0 Å². The van der Waals surface area contributed by atoms with E-state index in [1.165, 1.54) is 0 Å². The maximum absolute atomic E-state index is 12.5. The Morgan fingerprint density at radius 2 is 2.10 bits per heavy atom. The number of nitrogens with zero attached hydrogens (tertiary/aromatic N) is 4. The van der Waals surface area contributed by atoms with Crippen LogP contribution in [0.5, 0.6) is 0 Å². The number of rotatable bonds is 3. The molecule has 0 aromatic carbocycles. The summed E-state index contributed by atoms with van der Waals surface area (Å²) in [5, 5.41) is 11.6. The van der Waals surface area contributed by atoms with Gasteiger partial charge in [-0.3, -0.25) is 4.79 Å². The summed E-state index contributed by atoms with van der Waals surface area (Å²) in [5.41, 5.74) is 0.498. The number of hydrogen-bond donors (Lipinski definition) is 1. The molecule has 6 heteroatoms. The van der Waals surface area contributed by atoms with Gasteiger partial charge < -0.3 is 10.2 Å². The number of aromatic nitrogens is 3. The second-order valence-corrected chi connectivity index (χ2v) is 6.61. The zero-order valence-electron chi connectivity index (χ0n) is 13.0. The molecule has 2 aliphatic rings. The van der Waals surface area contributed by atoms with E-state index in [0.717, 1.165) is 45.4 Å². The third-order valence-corrected chi connectivity index (χ3v) is 4.87. The fourth-order valence-electron chi connectivity index (χ4n) is 3.30. The highest BCUT2D eigenvalue weighted by molar-refractivity contribution is 5.92. The van der Waals surface area contributed by atoms with Gasteiger partial charge in [0.05, 0.1) is 12.2 Å². The molecular weight excluding hydrogens is 266 g/mol. The molecule has 2 fully saturated rings. The van der Waals surface area contributed by atoms with Gasteiger partial charge in [0.15, 0.2) is 5.69 Å². The summed E-state index contributed by atoms with van der Waals surface area (Å²) in [6.45, 7) is 8.18. The highest BCUT2D eigenvalue weighted by Crippen LogP contribution is 2.25. The van der Waals surface area contributed by atoms with Gasteiger partial charge in [0.2, 0.25) is 0 Å². The summed E-state index contributed by atoms with van der Waals surface area (Å²) in [4.78, 5) is 14.4. The Hall–Kier alpha value is -1.43. The molecular formula is C15H25N5O. The number of hydrogen-bond acceptors (Lipinski definition) is 4. The van der Waals surface area contributed by atoms with Gasteiger partial charge in [-0.05, 0) is 44.2 Å². The molecule has 6 nitrogen and oxygen atoms in total. The van der Waals surface area contributed by atoms with Crippen molar-refractivity contribution in [3.8, 4) is 0 Å². The molecule has 1 aromatic heterocycles. The van der Waals surface area contributed by atoms with Crippen molar-refractivity contribution in [1.82, 2.24) is 25.2 Å². The van der Waals surface area contributed by atoms with Gasteiger partial charge in [0.25, 0.3) is 5.91 Å². The SMILES string of the molecule is CC(C)C1CCN(C(=O)c2cn(C3CCNCC3)nn2)C1. The molecule has 0 saturated carbocycles. The number of likely N-dealkylation sites (tertiary alicyclic amines) is 1. The minimum Gasteiger partial charge on any atom is -0.337 e. The molecule has 1 amide bonds. The molecule has 0 aliphatic carbocycles. The quantitative estimate of drug-likeness (QED) is 0.912. The first-order valence-corrected chi connectivity index (χ1v) is 8.07. The van der Waals surface area contributed by atoms with Crippen molar-refractivity contribution in [2.24, 2.45) is 11.8 Å². The average Bonchev–Trinajstić information content (AvgIpc) is 3.17. The molecule has 3 heterocycles. The molecule has 1 unspecified atom stereocenters. The van der Waals surface area contributed by atoms with Gasteiger partial charge in [-0.2, -0.15) is 0 Å². The molecule has 2 aliphatic heterocycles. The molecule has 2 saturated heterocycles. The lowest BCUT2D eigenvalue weighted by Crippen LogP contribution is -2.30. The Bertz CT molecular complexity index is 492. The van der Waals surface area contributed by atoms with Gasteiger partial charge in [-0.1, -0.05) is 19.1 Å². The predicted molar refractivity (Wildman–Crippen MR) is 80.0 cm³/mol. The zero-order valence-corrected chi connectivity index (χ0v) is 13.0. The Labute approximate surface area is 125 Å². The van der Waals surface area contributed by atoms with Crippen LogP contribution in [-0.4, -0.2) is 52.0 Å². The maximum Gasteiger partial charge on any atom is 0.276 e. The van der Waals surface area contributed by atoms with Crippen molar-refractivity contribution in [2.45, 2.75) is 39.2 Å². The van der Waals surface area contributed by atoms with Crippen molar-refractivity contribution in [1.29, 1.82) is 0 Å². The first-order chi connectivity index (χ1) is 10.1. The molecule has 0 spiro atoms. The van der Waals surface area contributed by atoms with Crippen LogP contribution in [0.3, 0.4) is 0 Å². The molecule has 1 aromatic rings. The van der Waals surface area contributed by atoms with E-state index in [9.17, 15) is 4.79 Å². The van der Waals surface area contributed by atoms with Gasteiger partial charge >= 0.3 is 0 Å². The minimum atomic E-state index is 0.0401. The smallest absolute Gasteiger partial charge is 0.276 e. The molecule has 21 heavy (non-hydrogen) atoms. The summed E-state index contributed by atoms with van der Waals surface area (Å²) < 4.78 is 1.88. The summed E-state index contributed by atoms with van der Waals surface area (Å²) in [5.74, 6) is 1.29. The van der Waals surface area contributed by atoms with Crippen molar-refractivity contribution >= 4 is 5.91 Å². The Balaban J connectivity index is 1.64. The lowest BCUT2D eigenvalue weighted by atomic mass is 9.95. The second kappa shape index (κ2) is 6.13. The average molecular weight is 291 g/mol. The molecule has 1 atom stereocenters. The first kappa shape index (κ1) is 14.5. The van der Waals surface area contributed by atoms with Crippen molar-refractivity contribution < 1.29 is 4.79 Å². The van der Waals surface area contributed by atoms with Crippen LogP contribution in [0, 0.1) is 11.8 Å². The number of amides is 1. The van der Waals surface area contributed by atoms with Gasteiger partial charge in [-0.15, -0.1) is 5.10 Å². The Kier molecular flexibility index (Phi) is 4.24. The van der Waals surface area contributed by atoms with Crippen LogP contribution in [0.25, 0.3) is 0 Å². The van der Waals surface area contributed by atoms with Gasteiger partial charge in [0, 0.05) is 13.1 Å². The summed E-state index contributed by atoms with van der Waals surface area (Å²) in [7, 11) is 0. The number of carbonyl (C=O) groups excluding carboxylic acids is 1. The molecule has 116 valence electrons. The summed E-state index contributed by atoms with van der Waals surface area (Å²) >= 11 is 0. The Morgan fingerprint density at radius 3 is 2.76 bits per heavy atom. The third kappa shape index (κ3) is 3.10. The van der Waals surface area contributed by atoms with E-state index in [2.05, 4.69) is 29.5 Å². The highest BCUT2D eigenvalue weighted by Gasteiger charge is 2.30. The van der Waals surface area contributed by atoms with E-state index in [4.69, 9.17) is 0 Å². The molecule has 1 N–H and O–H groups in total. The standard InChI is InChI=1S/C15H25N5O/c1-11(2)12-5-8-19(9-12)15(21)14-10-20(18-17-14)13-3-6-16-7-4-13/h10-13,16H,3-9H2,1-2H3. The lowest BCUT2D eigenvalue weighted by Gasteiger charge is -2.22. The third-order valence-electron chi connectivity index (χ3n) is 4.87. The summed E-state index contributed by atoms with van der Waals surface area (Å²) in [6.07, 6.45) is 5.04. The summed E-state index contributed by atoms with van der Waals surface area (Å²) in [6, 6.07) is 0.377. The van der Waals surface area contributed by atoms with Crippen molar-refractivity contribution in [2.75, 3.05) is 26.2 Å². The van der Waals surface area contributed by atoms with E-state index in [0.29, 0.717) is 23.6 Å². The van der Waals surface area contributed by atoms with E-state index < -0.39 is 0 Å². The zero-order chi connectivity index (χ0) is 14.8. The molecule has 3 rings (SSSR count). The number of piperidine rings is 1. The van der Waals surface area contributed by atoms with Gasteiger partial charge in [-0.25, -0.2) is 4.68 Å². The van der Waals surface area contributed by atoms with Crippen LogP contribution in [-0.2, 0) is 0 Å².